The molecule has 1 nitrogen and oxygen atoms in total. The number of rotatable bonds is 5. The van der Waals surface area contributed by atoms with E-state index in [0.717, 1.165) is 17.8 Å². The van der Waals surface area contributed by atoms with E-state index in [1.165, 1.54) is 76.5 Å². The quantitative estimate of drug-likeness (QED) is 0.231. The molecule has 2 bridgehead atoms. The van der Waals surface area contributed by atoms with Crippen molar-refractivity contribution in [2.24, 2.45) is 23.2 Å². The van der Waals surface area contributed by atoms with Gasteiger partial charge in [-0.15, -0.1) is 0 Å². The van der Waals surface area contributed by atoms with Crippen LogP contribution in [0.3, 0.4) is 0 Å². The maximum absolute atomic E-state index is 2.78. The van der Waals surface area contributed by atoms with Crippen molar-refractivity contribution in [3.8, 4) is 22.3 Å². The van der Waals surface area contributed by atoms with E-state index in [0.29, 0.717) is 11.0 Å². The van der Waals surface area contributed by atoms with Crippen molar-refractivity contribution in [3.63, 3.8) is 0 Å². The Hall–Kier alpha value is -3.84. The van der Waals surface area contributed by atoms with E-state index < -0.39 is 0 Å². The summed E-state index contributed by atoms with van der Waals surface area (Å²) in [5.41, 5.74) is 8.78. The van der Waals surface area contributed by atoms with Gasteiger partial charge >= 0.3 is 0 Å². The van der Waals surface area contributed by atoms with E-state index >= 15 is 0 Å². The summed E-state index contributed by atoms with van der Waals surface area (Å²) in [7, 11) is 0. The zero-order valence-electron chi connectivity index (χ0n) is 22.3. The van der Waals surface area contributed by atoms with Crippen LogP contribution in [0.2, 0.25) is 0 Å². The highest BCUT2D eigenvalue weighted by Crippen LogP contribution is 2.84. The lowest BCUT2D eigenvalue weighted by Gasteiger charge is -2.75. The first kappa shape index (κ1) is 22.0. The van der Waals surface area contributed by atoms with Gasteiger partial charge in [0.2, 0.25) is 0 Å². The van der Waals surface area contributed by atoms with Crippen LogP contribution in [0.5, 0.6) is 0 Å². The molecule has 0 aliphatic heterocycles. The zero-order valence-corrected chi connectivity index (χ0v) is 22.3. The van der Waals surface area contributed by atoms with E-state index in [2.05, 4.69) is 126 Å². The first-order valence-electron chi connectivity index (χ1n) is 14.8. The van der Waals surface area contributed by atoms with E-state index in [4.69, 9.17) is 0 Å². The van der Waals surface area contributed by atoms with Gasteiger partial charge in [0.25, 0.3) is 0 Å². The standard InChI is InChI=1S/C38H33N/c1-3-8-28(9-4-1)35-13-7-10-30-21-29(16-19-36(30)35)27-14-17-34(18-15-27)39(33-11-5-2-6-12-33)37-23-26-20-31-22-32(25-37)38(31,37)24-26/h1-19,21,26,31-32H,20,22-25H2. The van der Waals surface area contributed by atoms with Gasteiger partial charge in [-0.2, -0.15) is 0 Å². The second-order valence-corrected chi connectivity index (χ2v) is 12.7. The topological polar surface area (TPSA) is 3.24 Å². The first-order chi connectivity index (χ1) is 19.2. The maximum atomic E-state index is 2.78. The van der Waals surface area contributed by atoms with Gasteiger partial charge < -0.3 is 4.90 Å². The largest absolute Gasteiger partial charge is 0.335 e. The summed E-state index contributed by atoms with van der Waals surface area (Å²) in [6.45, 7) is 0. The molecule has 5 aromatic carbocycles. The minimum absolute atomic E-state index is 0.323. The molecule has 0 radical (unpaired) electrons. The summed E-state index contributed by atoms with van der Waals surface area (Å²) in [5.74, 6) is 2.88. The molecular formula is C38H33N. The van der Waals surface area contributed by atoms with Crippen molar-refractivity contribution in [2.75, 3.05) is 4.90 Å². The Bertz CT molecular complexity index is 1710. The number of anilines is 2. The third kappa shape index (κ3) is 2.86. The molecular weight excluding hydrogens is 470 g/mol. The zero-order chi connectivity index (χ0) is 25.6. The molecule has 4 saturated carbocycles. The summed E-state index contributed by atoms with van der Waals surface area (Å²) in [6.07, 6.45) is 7.23. The molecule has 0 saturated heterocycles. The normalized spacial score (nSPS) is 29.5. The number of nitrogens with zero attached hydrogens (tertiary/aromatic N) is 1. The van der Waals surface area contributed by atoms with E-state index in [9.17, 15) is 0 Å². The molecule has 5 aromatic rings. The number of benzene rings is 5. The molecule has 1 spiro atoms. The molecule has 4 aliphatic carbocycles. The summed E-state index contributed by atoms with van der Waals surface area (Å²) in [4.78, 5) is 2.78. The summed E-state index contributed by atoms with van der Waals surface area (Å²) < 4.78 is 0. The maximum Gasteiger partial charge on any atom is 0.0518 e. The molecule has 1 heteroatoms. The molecule has 4 fully saturated rings. The van der Waals surface area contributed by atoms with Crippen LogP contribution in [0, 0.1) is 23.2 Å². The van der Waals surface area contributed by atoms with Gasteiger partial charge in [0.1, 0.15) is 0 Å². The molecule has 0 amide bonds. The van der Waals surface area contributed by atoms with Crippen LogP contribution in [-0.4, -0.2) is 5.54 Å². The van der Waals surface area contributed by atoms with Gasteiger partial charge in [0.15, 0.2) is 0 Å². The van der Waals surface area contributed by atoms with Crippen LogP contribution < -0.4 is 4.90 Å². The molecule has 39 heavy (non-hydrogen) atoms. The van der Waals surface area contributed by atoms with Crippen molar-refractivity contribution in [1.29, 1.82) is 0 Å². The lowest BCUT2D eigenvalue weighted by Crippen LogP contribution is -2.76. The second kappa shape index (κ2) is 7.85. The Morgan fingerprint density at radius 1 is 0.538 bits per heavy atom. The number of hydrogen-bond donors (Lipinski definition) is 0. The van der Waals surface area contributed by atoms with Crippen LogP contribution in [0.1, 0.15) is 32.1 Å². The van der Waals surface area contributed by atoms with Crippen LogP contribution in [0.15, 0.2) is 121 Å². The molecule has 0 N–H and O–H groups in total. The number of para-hydroxylation sites is 1. The average molecular weight is 504 g/mol. The minimum atomic E-state index is 0.323. The Balaban J connectivity index is 1.10. The van der Waals surface area contributed by atoms with E-state index in [1.54, 1.807) is 0 Å². The third-order valence-corrected chi connectivity index (χ3v) is 11.2. The van der Waals surface area contributed by atoms with Crippen LogP contribution in [-0.2, 0) is 0 Å². The van der Waals surface area contributed by atoms with Crippen molar-refractivity contribution in [3.05, 3.63) is 121 Å². The van der Waals surface area contributed by atoms with Gasteiger partial charge in [-0.3, -0.25) is 0 Å². The van der Waals surface area contributed by atoms with Gasteiger partial charge in [0.05, 0.1) is 5.54 Å². The molecule has 5 atom stereocenters. The fraction of sp³-hybridized carbons (Fsp3) is 0.263. The Kier molecular flexibility index (Phi) is 4.44. The fourth-order valence-electron chi connectivity index (χ4n) is 9.88. The van der Waals surface area contributed by atoms with Crippen molar-refractivity contribution in [2.45, 2.75) is 37.6 Å². The van der Waals surface area contributed by atoms with Crippen molar-refractivity contribution in [1.82, 2.24) is 0 Å². The SMILES string of the molecule is c1ccc(-c2cccc3cc(-c4ccc(N(c5ccccc5)C56CC7CC8CC(C5)C86C7)cc4)ccc23)cc1. The molecule has 0 heterocycles. The number of fused-ring (bicyclic) bond motifs is 2. The van der Waals surface area contributed by atoms with Gasteiger partial charge in [-0.1, -0.05) is 91.0 Å². The molecule has 190 valence electrons. The lowest BCUT2D eigenvalue weighted by molar-refractivity contribution is -0.190. The van der Waals surface area contributed by atoms with E-state index in [1.807, 2.05) is 0 Å². The monoisotopic (exact) mass is 503 g/mol. The molecule has 9 rings (SSSR count). The second-order valence-electron chi connectivity index (χ2n) is 12.7. The average Bonchev–Trinajstić information content (AvgIpc) is 3.48. The Morgan fingerprint density at radius 3 is 2.05 bits per heavy atom. The number of hydrogen-bond acceptors (Lipinski definition) is 1. The predicted molar refractivity (Wildman–Crippen MR) is 162 cm³/mol. The molecule has 4 aliphatic rings. The highest BCUT2D eigenvalue weighted by atomic mass is 15.3. The Morgan fingerprint density at radius 2 is 1.28 bits per heavy atom. The van der Waals surface area contributed by atoms with Gasteiger partial charge in [-0.05, 0) is 119 Å². The smallest absolute Gasteiger partial charge is 0.0518 e. The lowest BCUT2D eigenvalue weighted by atomic mass is 9.34. The van der Waals surface area contributed by atoms with Crippen molar-refractivity contribution < 1.29 is 0 Å². The minimum Gasteiger partial charge on any atom is -0.335 e. The first-order valence-corrected chi connectivity index (χ1v) is 14.8. The van der Waals surface area contributed by atoms with E-state index in [-0.39, 0.29) is 0 Å². The predicted octanol–water partition coefficient (Wildman–Crippen LogP) is 9.89. The van der Waals surface area contributed by atoms with Gasteiger partial charge in [0, 0.05) is 11.4 Å². The molecule has 5 unspecified atom stereocenters. The van der Waals surface area contributed by atoms with Crippen LogP contribution >= 0.6 is 0 Å². The highest BCUT2D eigenvalue weighted by Gasteiger charge is 2.82. The van der Waals surface area contributed by atoms with Crippen LogP contribution in [0.4, 0.5) is 11.4 Å². The molecule has 0 aromatic heterocycles. The third-order valence-electron chi connectivity index (χ3n) is 11.2. The fourth-order valence-corrected chi connectivity index (χ4v) is 9.88. The highest BCUT2D eigenvalue weighted by molar-refractivity contribution is 5.98. The van der Waals surface area contributed by atoms with Crippen LogP contribution in [0.25, 0.3) is 33.0 Å². The Labute approximate surface area is 231 Å². The summed E-state index contributed by atoms with van der Waals surface area (Å²) in [5, 5.41) is 2.60. The summed E-state index contributed by atoms with van der Waals surface area (Å²) >= 11 is 0. The van der Waals surface area contributed by atoms with Crippen molar-refractivity contribution >= 4 is 22.1 Å². The summed E-state index contributed by atoms with van der Waals surface area (Å²) in [6, 6.07) is 45.1. The van der Waals surface area contributed by atoms with Gasteiger partial charge in [-0.25, -0.2) is 0 Å².